The Morgan fingerprint density at radius 2 is 2.18 bits per heavy atom. The molecule has 0 aromatic carbocycles. The van der Waals surface area contributed by atoms with E-state index in [-0.39, 0.29) is 19.9 Å². The number of terminal acetylenes is 1. The number of aliphatic hydroxyl groups is 1. The highest BCUT2D eigenvalue weighted by Crippen LogP contribution is 2.05. The van der Waals surface area contributed by atoms with Crippen molar-refractivity contribution < 1.29 is 27.2 Å². The van der Waals surface area contributed by atoms with Crippen LogP contribution in [0.15, 0.2) is 0 Å². The second-order valence-corrected chi connectivity index (χ2v) is 4.47. The van der Waals surface area contributed by atoms with Gasteiger partial charge in [0.25, 0.3) is 0 Å². The quantitative estimate of drug-likeness (QED) is 0.347. The molecule has 0 rings (SSSR count). The van der Waals surface area contributed by atoms with Crippen LogP contribution in [0.3, 0.4) is 0 Å². The average molecular weight is 265 g/mol. The van der Waals surface area contributed by atoms with E-state index in [4.69, 9.17) is 16.3 Å². The van der Waals surface area contributed by atoms with E-state index in [1.54, 1.807) is 6.92 Å². The Kier molecular flexibility index (Phi) is 7.49. The lowest BCUT2D eigenvalue weighted by Gasteiger charge is -2.19. The van der Waals surface area contributed by atoms with Crippen LogP contribution in [0.25, 0.3) is 0 Å². The first-order valence-corrected chi connectivity index (χ1v) is 6.18. The molecule has 7 nitrogen and oxygen atoms in total. The summed E-state index contributed by atoms with van der Waals surface area (Å²) in [5, 5.41) is 8.41. The van der Waals surface area contributed by atoms with Gasteiger partial charge in [-0.1, -0.05) is 12.8 Å². The molecule has 0 aliphatic heterocycles. The van der Waals surface area contributed by atoms with Crippen LogP contribution >= 0.6 is 0 Å². The van der Waals surface area contributed by atoms with Crippen LogP contribution in [-0.4, -0.2) is 50.3 Å². The number of ether oxygens (including phenoxy) is 1. The highest BCUT2D eigenvalue weighted by Gasteiger charge is 2.25. The highest BCUT2D eigenvalue weighted by molar-refractivity contribution is 7.84. The van der Waals surface area contributed by atoms with Gasteiger partial charge in [-0.2, -0.15) is 8.42 Å². The minimum Gasteiger partial charge on any atom is -0.385 e. The summed E-state index contributed by atoms with van der Waals surface area (Å²) in [5.41, 5.74) is 0. The second-order valence-electron chi connectivity index (χ2n) is 2.93. The lowest BCUT2D eigenvalue weighted by Crippen LogP contribution is -2.37. The van der Waals surface area contributed by atoms with E-state index in [2.05, 4.69) is 10.1 Å². The van der Waals surface area contributed by atoms with Gasteiger partial charge >= 0.3 is 16.3 Å². The normalized spacial score (nSPS) is 11.2. The van der Waals surface area contributed by atoms with Gasteiger partial charge in [-0.15, -0.1) is 10.7 Å². The molecule has 0 aliphatic rings. The molecule has 8 heteroatoms. The maximum atomic E-state index is 11.5. The molecule has 0 saturated heterocycles. The molecule has 0 saturated carbocycles. The predicted octanol–water partition coefficient (Wildman–Crippen LogP) is -0.914. The van der Waals surface area contributed by atoms with Gasteiger partial charge in [-0.3, -0.25) is 0 Å². The number of hydrogen-bond donors (Lipinski definition) is 1. The van der Waals surface area contributed by atoms with E-state index in [0.29, 0.717) is 6.42 Å². The first-order valence-electron chi connectivity index (χ1n) is 4.82. The fourth-order valence-electron chi connectivity index (χ4n) is 0.893. The van der Waals surface area contributed by atoms with Crippen molar-refractivity contribution in [1.82, 2.24) is 4.31 Å². The summed E-state index contributed by atoms with van der Waals surface area (Å²) in [4.78, 5) is 10.7. The second kappa shape index (κ2) is 8.03. The van der Waals surface area contributed by atoms with Crippen LogP contribution in [0.2, 0.25) is 0 Å². The number of carbonyl (C=O) groups excluding carboxylic acids is 1. The van der Waals surface area contributed by atoms with Crippen LogP contribution in [0, 0.1) is 12.3 Å². The maximum absolute atomic E-state index is 11.5. The molecule has 0 amide bonds. The molecule has 0 heterocycles. The SMILES string of the molecule is C#CCOCN(CCC)S(=O)(=O)OC(=O)CO. The first-order chi connectivity index (χ1) is 7.97. The van der Waals surface area contributed by atoms with Crippen molar-refractivity contribution in [3.05, 3.63) is 0 Å². The lowest BCUT2D eigenvalue weighted by atomic mass is 10.5. The zero-order valence-corrected chi connectivity index (χ0v) is 10.3. The lowest BCUT2D eigenvalue weighted by molar-refractivity contribution is -0.137. The van der Waals surface area contributed by atoms with E-state index in [9.17, 15) is 13.2 Å². The Bertz CT molecular complexity index is 371. The molecular weight excluding hydrogens is 250 g/mol. The van der Waals surface area contributed by atoms with Gasteiger partial charge in [-0.05, 0) is 6.42 Å². The number of hydrogen-bond acceptors (Lipinski definition) is 6. The van der Waals surface area contributed by atoms with E-state index in [1.165, 1.54) is 0 Å². The van der Waals surface area contributed by atoms with Crippen molar-refractivity contribution in [1.29, 1.82) is 0 Å². The first kappa shape index (κ1) is 15.9. The molecule has 0 aliphatic carbocycles. The number of rotatable bonds is 8. The standard InChI is InChI=1S/C9H15NO6S/c1-3-5-10(8-15-6-4-2)17(13,14)16-9(12)7-11/h2,11H,3,5-8H2,1H3. The zero-order chi connectivity index (χ0) is 13.3. The van der Waals surface area contributed by atoms with Crippen LogP contribution in [0.1, 0.15) is 13.3 Å². The minimum absolute atomic E-state index is 0.0519. The van der Waals surface area contributed by atoms with Crippen LogP contribution in [0.5, 0.6) is 0 Å². The van der Waals surface area contributed by atoms with Gasteiger partial charge < -0.3 is 14.0 Å². The molecule has 0 aromatic rings. The topological polar surface area (TPSA) is 93.1 Å². The number of carbonyl (C=O) groups is 1. The Hall–Kier alpha value is -1.14. The Balaban J connectivity index is 4.56. The van der Waals surface area contributed by atoms with Crippen molar-refractivity contribution in [2.75, 3.05) is 26.5 Å². The maximum Gasteiger partial charge on any atom is 0.389 e. The highest BCUT2D eigenvalue weighted by atomic mass is 32.2. The van der Waals surface area contributed by atoms with Gasteiger partial charge in [0.2, 0.25) is 0 Å². The van der Waals surface area contributed by atoms with E-state index in [1.807, 2.05) is 0 Å². The fraction of sp³-hybridized carbons (Fsp3) is 0.667. The monoisotopic (exact) mass is 265 g/mol. The van der Waals surface area contributed by atoms with E-state index in [0.717, 1.165) is 4.31 Å². The molecule has 0 bridgehead atoms. The smallest absolute Gasteiger partial charge is 0.385 e. The molecule has 0 atom stereocenters. The Labute approximate surface area is 101 Å². The third-order valence-electron chi connectivity index (χ3n) is 1.54. The van der Waals surface area contributed by atoms with Crippen LogP contribution in [-0.2, 0) is 24.0 Å². The molecule has 17 heavy (non-hydrogen) atoms. The summed E-state index contributed by atoms with van der Waals surface area (Å²) in [6, 6.07) is 0. The summed E-state index contributed by atoms with van der Waals surface area (Å²) < 4.78 is 32.8. The van der Waals surface area contributed by atoms with Crippen molar-refractivity contribution >= 4 is 16.3 Å². The molecule has 0 fully saturated rings. The fourth-order valence-corrected chi connectivity index (χ4v) is 1.90. The third kappa shape index (κ3) is 6.23. The van der Waals surface area contributed by atoms with E-state index >= 15 is 0 Å². The Morgan fingerprint density at radius 1 is 1.53 bits per heavy atom. The molecule has 0 aromatic heterocycles. The third-order valence-corrected chi connectivity index (χ3v) is 2.85. The summed E-state index contributed by atoms with van der Waals surface area (Å²) in [5.74, 6) is 0.930. The number of nitrogens with zero attached hydrogens (tertiary/aromatic N) is 1. The molecule has 0 radical (unpaired) electrons. The van der Waals surface area contributed by atoms with Crippen molar-refractivity contribution in [3.8, 4) is 12.3 Å². The molecule has 0 unspecified atom stereocenters. The molecular formula is C9H15NO6S. The molecule has 98 valence electrons. The van der Waals surface area contributed by atoms with Gasteiger partial charge in [0.1, 0.15) is 19.9 Å². The Morgan fingerprint density at radius 3 is 2.65 bits per heavy atom. The minimum atomic E-state index is -4.25. The number of aliphatic hydroxyl groups excluding tert-OH is 1. The zero-order valence-electron chi connectivity index (χ0n) is 9.46. The summed E-state index contributed by atoms with van der Waals surface area (Å²) in [7, 11) is -4.25. The van der Waals surface area contributed by atoms with Gasteiger partial charge in [-0.25, -0.2) is 4.79 Å². The summed E-state index contributed by atoms with van der Waals surface area (Å²) >= 11 is 0. The average Bonchev–Trinajstić information content (AvgIpc) is 2.27. The van der Waals surface area contributed by atoms with Gasteiger partial charge in [0.15, 0.2) is 0 Å². The van der Waals surface area contributed by atoms with Crippen LogP contribution < -0.4 is 0 Å². The van der Waals surface area contributed by atoms with Gasteiger partial charge in [0.05, 0.1) is 0 Å². The van der Waals surface area contributed by atoms with Gasteiger partial charge in [0, 0.05) is 6.54 Å². The largest absolute Gasteiger partial charge is 0.389 e. The van der Waals surface area contributed by atoms with Crippen molar-refractivity contribution in [3.63, 3.8) is 0 Å². The summed E-state index contributed by atoms with van der Waals surface area (Å²) in [6.07, 6.45) is 5.45. The van der Waals surface area contributed by atoms with Crippen LogP contribution in [0.4, 0.5) is 0 Å². The molecule has 0 spiro atoms. The van der Waals surface area contributed by atoms with Crippen molar-refractivity contribution in [2.24, 2.45) is 0 Å². The molecule has 1 N–H and O–H groups in total. The summed E-state index contributed by atoms with van der Waals surface area (Å²) in [6.45, 7) is 0.496. The van der Waals surface area contributed by atoms with Crippen molar-refractivity contribution in [2.45, 2.75) is 13.3 Å². The predicted molar refractivity (Wildman–Crippen MR) is 58.7 cm³/mol. The van der Waals surface area contributed by atoms with E-state index < -0.39 is 22.9 Å².